The van der Waals surface area contributed by atoms with Crippen molar-refractivity contribution in [2.24, 2.45) is 7.05 Å². The summed E-state index contributed by atoms with van der Waals surface area (Å²) in [6.07, 6.45) is 1.49. The smallest absolute Gasteiger partial charge is 0.222 e. The summed E-state index contributed by atoms with van der Waals surface area (Å²) in [4.78, 5) is 14.5. The van der Waals surface area contributed by atoms with Crippen molar-refractivity contribution in [1.29, 1.82) is 0 Å². The summed E-state index contributed by atoms with van der Waals surface area (Å²) in [7, 11) is 3.57. The molecule has 2 rings (SSSR count). The summed E-state index contributed by atoms with van der Waals surface area (Å²) in [5, 5.41) is 15.1. The zero-order valence-electron chi connectivity index (χ0n) is 9.55. The highest BCUT2D eigenvalue weighted by Crippen LogP contribution is 2.09. The lowest BCUT2D eigenvalue weighted by molar-refractivity contribution is -0.132. The van der Waals surface area contributed by atoms with Gasteiger partial charge in [0.1, 0.15) is 0 Å². The van der Waals surface area contributed by atoms with Crippen LogP contribution in [0.5, 0.6) is 0 Å². The highest BCUT2D eigenvalue weighted by Gasteiger charge is 2.22. The van der Waals surface area contributed by atoms with E-state index in [1.54, 1.807) is 11.9 Å². The van der Waals surface area contributed by atoms with Gasteiger partial charge in [0, 0.05) is 26.1 Å². The van der Waals surface area contributed by atoms with Crippen LogP contribution in [0.3, 0.4) is 0 Å². The van der Waals surface area contributed by atoms with Gasteiger partial charge >= 0.3 is 0 Å². The Labute approximate surface area is 93.8 Å². The molecule has 88 valence electrons. The van der Waals surface area contributed by atoms with Crippen molar-refractivity contribution in [3.63, 3.8) is 0 Å². The average Bonchev–Trinajstić information content (AvgIpc) is 2.66. The highest BCUT2D eigenvalue weighted by molar-refractivity contribution is 5.76. The van der Waals surface area contributed by atoms with Gasteiger partial charge in [-0.3, -0.25) is 4.79 Å². The fourth-order valence-corrected chi connectivity index (χ4v) is 1.81. The summed E-state index contributed by atoms with van der Waals surface area (Å²) < 4.78 is 0. The fraction of sp³-hybridized carbons (Fsp3) is 0.778. The number of likely N-dealkylation sites (N-methyl/N-ethyl adjacent to an activating group) is 1. The van der Waals surface area contributed by atoms with Crippen LogP contribution in [0.15, 0.2) is 0 Å². The number of nitrogens with zero attached hydrogens (tertiary/aromatic N) is 5. The quantitative estimate of drug-likeness (QED) is 0.707. The molecule has 0 aliphatic carbocycles. The Morgan fingerprint density at radius 2 is 2.31 bits per heavy atom. The van der Waals surface area contributed by atoms with Gasteiger partial charge in [-0.25, -0.2) is 0 Å². The third-order valence-corrected chi connectivity index (χ3v) is 2.73. The second kappa shape index (κ2) is 4.56. The summed E-state index contributed by atoms with van der Waals surface area (Å²) in [6.45, 7) is 1.35. The molecule has 1 atom stereocenters. The fourth-order valence-electron chi connectivity index (χ4n) is 1.81. The minimum absolute atomic E-state index is 0.218. The van der Waals surface area contributed by atoms with Gasteiger partial charge in [-0.05, 0) is 11.6 Å². The summed E-state index contributed by atoms with van der Waals surface area (Å²) >= 11 is 0. The van der Waals surface area contributed by atoms with E-state index in [9.17, 15) is 4.79 Å². The largest absolute Gasteiger partial charge is 0.344 e. The van der Waals surface area contributed by atoms with Gasteiger partial charge in [0.05, 0.1) is 13.6 Å². The number of nitrogens with one attached hydrogen (secondary N) is 1. The highest BCUT2D eigenvalue weighted by atomic mass is 16.2. The number of amides is 1. The average molecular weight is 224 g/mol. The minimum atomic E-state index is 0.218. The number of aryl methyl sites for hydroxylation is 1. The summed E-state index contributed by atoms with van der Waals surface area (Å²) in [5.41, 5.74) is 0. The number of hydrogen-bond acceptors (Lipinski definition) is 5. The Bertz CT molecular complexity index is 376. The van der Waals surface area contributed by atoms with Gasteiger partial charge in [-0.2, -0.15) is 4.80 Å². The maximum Gasteiger partial charge on any atom is 0.222 e. The van der Waals surface area contributed by atoms with Gasteiger partial charge < -0.3 is 10.2 Å². The lowest BCUT2D eigenvalue weighted by Crippen LogP contribution is -2.46. The van der Waals surface area contributed by atoms with Crippen molar-refractivity contribution in [2.75, 3.05) is 13.6 Å². The van der Waals surface area contributed by atoms with Crippen molar-refractivity contribution >= 4 is 5.91 Å². The first-order valence-electron chi connectivity index (χ1n) is 5.35. The molecule has 0 aromatic carbocycles. The second-order valence-corrected chi connectivity index (χ2v) is 4.09. The Hall–Kier alpha value is -1.50. The molecule has 0 spiro atoms. The molecule has 1 unspecified atom stereocenters. The Balaban J connectivity index is 1.80. The molecule has 1 N–H and O–H groups in total. The third kappa shape index (κ3) is 2.54. The molecule has 0 bridgehead atoms. The number of rotatable bonds is 3. The van der Waals surface area contributed by atoms with Gasteiger partial charge in [0.15, 0.2) is 5.82 Å². The number of hydrogen-bond donors (Lipinski definition) is 1. The van der Waals surface area contributed by atoms with Crippen LogP contribution in [0.4, 0.5) is 0 Å². The lowest BCUT2D eigenvalue weighted by atomic mass is 10.1. The SMILES string of the molecule is CN1CC(NCc2nnn(C)n2)CCC1=O. The molecule has 1 fully saturated rings. The van der Waals surface area contributed by atoms with Gasteiger partial charge in [-0.15, -0.1) is 10.2 Å². The summed E-state index contributed by atoms with van der Waals surface area (Å²) in [6, 6.07) is 0.325. The van der Waals surface area contributed by atoms with Crippen LogP contribution in [0, 0.1) is 0 Å². The van der Waals surface area contributed by atoms with Crippen LogP contribution in [0.1, 0.15) is 18.7 Å². The summed E-state index contributed by atoms with van der Waals surface area (Å²) in [5.74, 6) is 0.901. The first-order valence-corrected chi connectivity index (χ1v) is 5.35. The standard InChI is InChI=1S/C9H16N6O/c1-14-6-7(3-4-9(14)16)10-5-8-11-13-15(2)12-8/h7,10H,3-6H2,1-2H3. The van der Waals surface area contributed by atoms with E-state index in [1.807, 2.05) is 7.05 Å². The van der Waals surface area contributed by atoms with Gasteiger partial charge in [-0.1, -0.05) is 0 Å². The topological polar surface area (TPSA) is 75.9 Å². The molecule has 1 aliphatic heterocycles. The number of carbonyl (C=O) groups is 1. The number of tetrazole rings is 1. The van der Waals surface area contributed by atoms with E-state index in [2.05, 4.69) is 20.7 Å². The number of likely N-dealkylation sites (tertiary alicyclic amines) is 1. The molecule has 7 nitrogen and oxygen atoms in total. The molecular weight excluding hydrogens is 208 g/mol. The van der Waals surface area contributed by atoms with Gasteiger partial charge in [0.2, 0.25) is 5.91 Å². The predicted octanol–water partition coefficient (Wildman–Crippen LogP) is -1.08. The number of piperidine rings is 1. The van der Waals surface area contributed by atoms with E-state index in [0.29, 0.717) is 24.8 Å². The van der Waals surface area contributed by atoms with Crippen LogP contribution < -0.4 is 5.32 Å². The number of carbonyl (C=O) groups excluding carboxylic acids is 1. The van der Waals surface area contributed by atoms with E-state index < -0.39 is 0 Å². The zero-order valence-corrected chi connectivity index (χ0v) is 9.55. The van der Waals surface area contributed by atoms with Crippen LogP contribution in [0.2, 0.25) is 0 Å². The molecule has 2 heterocycles. The van der Waals surface area contributed by atoms with E-state index in [4.69, 9.17) is 0 Å². The van der Waals surface area contributed by atoms with E-state index in [-0.39, 0.29) is 5.91 Å². The van der Waals surface area contributed by atoms with Crippen molar-refractivity contribution in [3.05, 3.63) is 5.82 Å². The molecule has 0 radical (unpaired) electrons. The second-order valence-electron chi connectivity index (χ2n) is 4.09. The predicted molar refractivity (Wildman–Crippen MR) is 56.3 cm³/mol. The first kappa shape index (κ1) is 11.0. The van der Waals surface area contributed by atoms with Gasteiger partial charge in [0.25, 0.3) is 0 Å². The minimum Gasteiger partial charge on any atom is -0.344 e. The number of aromatic nitrogens is 4. The zero-order chi connectivity index (χ0) is 11.5. The molecule has 1 aliphatic rings. The van der Waals surface area contributed by atoms with E-state index in [0.717, 1.165) is 13.0 Å². The monoisotopic (exact) mass is 224 g/mol. The van der Waals surface area contributed by atoms with Crippen LogP contribution in [0.25, 0.3) is 0 Å². The molecule has 16 heavy (non-hydrogen) atoms. The first-order chi connectivity index (χ1) is 7.65. The van der Waals surface area contributed by atoms with Crippen molar-refractivity contribution < 1.29 is 4.79 Å². The van der Waals surface area contributed by atoms with Crippen molar-refractivity contribution in [1.82, 2.24) is 30.4 Å². The molecule has 1 amide bonds. The van der Waals surface area contributed by atoms with Crippen LogP contribution in [-0.2, 0) is 18.4 Å². The van der Waals surface area contributed by atoms with Crippen LogP contribution >= 0.6 is 0 Å². The maximum atomic E-state index is 11.3. The Kier molecular flexibility index (Phi) is 3.14. The maximum absolute atomic E-state index is 11.3. The molecule has 1 aromatic rings. The molecular formula is C9H16N6O. The Morgan fingerprint density at radius 1 is 1.50 bits per heavy atom. The molecule has 0 saturated carbocycles. The van der Waals surface area contributed by atoms with Crippen molar-refractivity contribution in [2.45, 2.75) is 25.4 Å². The lowest BCUT2D eigenvalue weighted by Gasteiger charge is -2.29. The Morgan fingerprint density at radius 3 is 2.94 bits per heavy atom. The molecule has 1 saturated heterocycles. The third-order valence-electron chi connectivity index (χ3n) is 2.73. The van der Waals surface area contributed by atoms with Crippen LogP contribution in [-0.4, -0.2) is 50.6 Å². The van der Waals surface area contributed by atoms with E-state index in [1.165, 1.54) is 4.80 Å². The van der Waals surface area contributed by atoms with E-state index >= 15 is 0 Å². The van der Waals surface area contributed by atoms with Crippen molar-refractivity contribution in [3.8, 4) is 0 Å². The molecule has 7 heteroatoms. The molecule has 1 aromatic heterocycles. The normalized spacial score (nSPS) is 21.5.